The largest absolute Gasteiger partial charge is 0.494 e. The van der Waals surface area contributed by atoms with Gasteiger partial charge in [0.1, 0.15) is 11.8 Å². The van der Waals surface area contributed by atoms with Gasteiger partial charge in [-0.25, -0.2) is 4.99 Å². The molecule has 1 aromatic rings. The van der Waals surface area contributed by atoms with E-state index in [-0.39, 0.29) is 18.2 Å². The van der Waals surface area contributed by atoms with Crippen LogP contribution >= 0.6 is 0 Å². The van der Waals surface area contributed by atoms with E-state index in [1.807, 2.05) is 11.8 Å². The molecule has 0 bridgehead atoms. The molecule has 0 spiro atoms. The highest BCUT2D eigenvalue weighted by atomic mass is 16.5. The third-order valence-corrected chi connectivity index (χ3v) is 3.95. The summed E-state index contributed by atoms with van der Waals surface area (Å²) in [5.41, 5.74) is 0.641. The summed E-state index contributed by atoms with van der Waals surface area (Å²) in [5, 5.41) is 5.54. The zero-order chi connectivity index (χ0) is 17.6. The Bertz CT molecular complexity index is 653. The number of aliphatic imine (C=N–C) groups is 1. The van der Waals surface area contributed by atoms with Crippen LogP contribution in [0.15, 0.2) is 29.3 Å². The van der Waals surface area contributed by atoms with Gasteiger partial charge >= 0.3 is 0 Å². The van der Waals surface area contributed by atoms with E-state index in [1.165, 1.54) is 0 Å². The molecule has 1 saturated heterocycles. The zero-order valence-corrected chi connectivity index (χ0v) is 14.2. The number of nitrogens with one attached hydrogen (secondary N) is 2. The normalized spacial score (nSPS) is 20.5. The van der Waals surface area contributed by atoms with Crippen LogP contribution in [0.5, 0.6) is 5.75 Å². The van der Waals surface area contributed by atoms with Crippen molar-refractivity contribution < 1.29 is 19.1 Å². The fraction of sp³-hybridized carbons (Fsp3) is 0.471. The molecule has 25 heavy (non-hydrogen) atoms. The van der Waals surface area contributed by atoms with Crippen LogP contribution in [0.4, 0.5) is 5.69 Å². The average Bonchev–Trinajstić information content (AvgIpc) is 2.64. The first-order valence-corrected chi connectivity index (χ1v) is 8.40. The van der Waals surface area contributed by atoms with Crippen LogP contribution in [0.3, 0.4) is 0 Å². The smallest absolute Gasteiger partial charge is 0.249 e. The number of hydrogen-bond acceptors (Lipinski definition) is 6. The van der Waals surface area contributed by atoms with Gasteiger partial charge in [-0.2, -0.15) is 0 Å². The highest BCUT2D eigenvalue weighted by Gasteiger charge is 2.29. The topological polar surface area (TPSA) is 92.3 Å². The van der Waals surface area contributed by atoms with E-state index >= 15 is 0 Å². The maximum atomic E-state index is 12.5. The van der Waals surface area contributed by atoms with Crippen molar-refractivity contribution >= 4 is 23.5 Å². The number of amides is 2. The Morgan fingerprint density at radius 1 is 1.36 bits per heavy atom. The SMILES string of the molecule is CCOc1ccc(NC(=O)C2CC(=O)NC(N3CCOCC3)=N2)cc1. The van der Waals surface area contributed by atoms with Crippen molar-refractivity contribution in [1.82, 2.24) is 10.2 Å². The van der Waals surface area contributed by atoms with Crippen molar-refractivity contribution in [2.24, 2.45) is 4.99 Å². The summed E-state index contributed by atoms with van der Waals surface area (Å²) in [7, 11) is 0. The molecule has 2 aliphatic heterocycles. The molecule has 3 rings (SSSR count). The summed E-state index contributed by atoms with van der Waals surface area (Å²) >= 11 is 0. The van der Waals surface area contributed by atoms with Gasteiger partial charge in [-0.3, -0.25) is 14.9 Å². The van der Waals surface area contributed by atoms with E-state index in [0.717, 1.165) is 5.75 Å². The van der Waals surface area contributed by atoms with Gasteiger partial charge in [0, 0.05) is 18.8 Å². The van der Waals surface area contributed by atoms with Gasteiger partial charge in [0.15, 0.2) is 0 Å². The molecule has 2 heterocycles. The van der Waals surface area contributed by atoms with Crippen LogP contribution in [-0.2, 0) is 14.3 Å². The van der Waals surface area contributed by atoms with E-state index < -0.39 is 6.04 Å². The van der Waals surface area contributed by atoms with Gasteiger partial charge in [0.25, 0.3) is 0 Å². The van der Waals surface area contributed by atoms with Crippen molar-refractivity contribution in [3.63, 3.8) is 0 Å². The number of hydrogen-bond donors (Lipinski definition) is 2. The van der Waals surface area contributed by atoms with E-state index in [0.29, 0.717) is 44.6 Å². The fourth-order valence-corrected chi connectivity index (χ4v) is 2.69. The Labute approximate surface area is 146 Å². The summed E-state index contributed by atoms with van der Waals surface area (Å²) < 4.78 is 10.7. The maximum Gasteiger partial charge on any atom is 0.249 e. The molecule has 2 aliphatic rings. The van der Waals surface area contributed by atoms with Crippen LogP contribution in [-0.4, -0.2) is 61.6 Å². The molecule has 134 valence electrons. The Morgan fingerprint density at radius 3 is 2.76 bits per heavy atom. The van der Waals surface area contributed by atoms with Crippen molar-refractivity contribution in [3.8, 4) is 5.75 Å². The zero-order valence-electron chi connectivity index (χ0n) is 14.2. The number of benzene rings is 1. The van der Waals surface area contributed by atoms with Crippen molar-refractivity contribution in [3.05, 3.63) is 24.3 Å². The molecular weight excluding hydrogens is 324 g/mol. The lowest BCUT2D eigenvalue weighted by Crippen LogP contribution is -2.53. The second-order valence-corrected chi connectivity index (χ2v) is 5.77. The minimum absolute atomic E-state index is 0.0384. The van der Waals surface area contributed by atoms with Crippen molar-refractivity contribution in [1.29, 1.82) is 0 Å². The molecule has 8 nitrogen and oxygen atoms in total. The van der Waals surface area contributed by atoms with E-state index in [9.17, 15) is 9.59 Å². The molecule has 0 radical (unpaired) electrons. The molecule has 0 saturated carbocycles. The van der Waals surface area contributed by atoms with Crippen LogP contribution in [0.1, 0.15) is 13.3 Å². The highest BCUT2D eigenvalue weighted by Crippen LogP contribution is 2.17. The Kier molecular flexibility index (Phi) is 5.49. The number of guanidine groups is 1. The number of carbonyl (C=O) groups excluding carboxylic acids is 2. The van der Waals surface area contributed by atoms with Crippen molar-refractivity contribution in [2.75, 3.05) is 38.2 Å². The summed E-state index contributed by atoms with van der Waals surface area (Å²) in [4.78, 5) is 30.8. The molecule has 0 aromatic heterocycles. The number of ether oxygens (including phenoxy) is 2. The van der Waals surface area contributed by atoms with Gasteiger partial charge in [0.05, 0.1) is 26.2 Å². The highest BCUT2D eigenvalue weighted by molar-refractivity contribution is 6.05. The third kappa shape index (κ3) is 4.48. The summed E-state index contributed by atoms with van der Waals surface area (Å²) in [6, 6.07) is 6.36. The predicted octanol–water partition coefficient (Wildman–Crippen LogP) is 0.601. The monoisotopic (exact) mass is 346 g/mol. The Hall–Kier alpha value is -2.61. The number of carbonyl (C=O) groups is 2. The van der Waals surface area contributed by atoms with Gasteiger partial charge in [0.2, 0.25) is 17.8 Å². The third-order valence-electron chi connectivity index (χ3n) is 3.95. The lowest BCUT2D eigenvalue weighted by molar-refractivity contribution is -0.125. The fourth-order valence-electron chi connectivity index (χ4n) is 2.69. The van der Waals surface area contributed by atoms with Crippen LogP contribution in [0.2, 0.25) is 0 Å². The predicted molar refractivity (Wildman–Crippen MR) is 92.6 cm³/mol. The molecule has 1 unspecified atom stereocenters. The summed E-state index contributed by atoms with van der Waals surface area (Å²) in [5.74, 6) is 0.685. The second-order valence-electron chi connectivity index (χ2n) is 5.77. The number of nitrogens with zero attached hydrogens (tertiary/aromatic N) is 2. The van der Waals surface area contributed by atoms with Crippen LogP contribution in [0.25, 0.3) is 0 Å². The van der Waals surface area contributed by atoms with Crippen molar-refractivity contribution in [2.45, 2.75) is 19.4 Å². The van der Waals surface area contributed by atoms with E-state index in [2.05, 4.69) is 15.6 Å². The first-order chi connectivity index (χ1) is 12.2. The van der Waals surface area contributed by atoms with Crippen LogP contribution in [0, 0.1) is 0 Å². The quantitative estimate of drug-likeness (QED) is 0.833. The minimum atomic E-state index is -0.738. The van der Waals surface area contributed by atoms with Gasteiger partial charge in [-0.05, 0) is 31.2 Å². The molecule has 2 amide bonds. The van der Waals surface area contributed by atoms with E-state index in [1.54, 1.807) is 24.3 Å². The first-order valence-electron chi connectivity index (χ1n) is 8.40. The van der Waals surface area contributed by atoms with Gasteiger partial charge in [-0.15, -0.1) is 0 Å². The number of morpholine rings is 1. The summed E-state index contributed by atoms with van der Waals surface area (Å²) in [6.07, 6.45) is 0.0384. The molecule has 1 atom stereocenters. The molecule has 1 aromatic carbocycles. The standard InChI is InChI=1S/C17H22N4O4/c1-2-25-13-5-3-12(4-6-13)18-16(23)14-11-15(22)20-17(19-14)21-7-9-24-10-8-21/h3-6,14H,2,7-11H2,1H3,(H,18,23)(H,19,20,22). The minimum Gasteiger partial charge on any atom is -0.494 e. The Morgan fingerprint density at radius 2 is 2.08 bits per heavy atom. The average molecular weight is 346 g/mol. The molecule has 0 aliphatic carbocycles. The lowest BCUT2D eigenvalue weighted by atomic mass is 10.1. The number of anilines is 1. The molecular formula is C17H22N4O4. The van der Waals surface area contributed by atoms with E-state index in [4.69, 9.17) is 9.47 Å². The number of rotatable bonds is 4. The maximum absolute atomic E-state index is 12.5. The Balaban J connectivity index is 1.66. The van der Waals surface area contributed by atoms with Crippen LogP contribution < -0.4 is 15.4 Å². The lowest BCUT2D eigenvalue weighted by Gasteiger charge is -2.32. The first kappa shape index (κ1) is 17.2. The van der Waals surface area contributed by atoms with Gasteiger partial charge < -0.3 is 19.7 Å². The summed E-state index contributed by atoms with van der Waals surface area (Å²) in [6.45, 7) is 4.95. The molecule has 2 N–H and O–H groups in total. The molecule has 1 fully saturated rings. The molecule has 8 heteroatoms. The second kappa shape index (κ2) is 7.98. The van der Waals surface area contributed by atoms with Gasteiger partial charge in [-0.1, -0.05) is 0 Å².